The zero-order valence-corrected chi connectivity index (χ0v) is 10.9. The van der Waals surface area contributed by atoms with Crippen molar-refractivity contribution in [2.45, 2.75) is 12.5 Å². The van der Waals surface area contributed by atoms with Crippen molar-refractivity contribution in [1.29, 1.82) is 0 Å². The third-order valence-corrected chi connectivity index (χ3v) is 3.66. The minimum atomic E-state index is -0.843. The molecule has 1 aromatic carbocycles. The molecule has 0 radical (unpaired) electrons. The van der Waals surface area contributed by atoms with Crippen LogP contribution < -0.4 is 11.3 Å². The molecule has 2 heterocycles. The van der Waals surface area contributed by atoms with Gasteiger partial charge in [0.15, 0.2) is 0 Å². The van der Waals surface area contributed by atoms with Crippen molar-refractivity contribution in [1.82, 2.24) is 9.47 Å². The number of nitrogens with zero attached hydrogens (tertiary/aromatic N) is 2. The average molecular weight is 271 g/mol. The molecule has 3 rings (SSSR count). The molecule has 6 heteroatoms. The lowest BCUT2D eigenvalue weighted by atomic mass is 10.1. The number of pyridine rings is 1. The molecule has 1 aliphatic heterocycles. The van der Waals surface area contributed by atoms with Crippen LogP contribution in [0.2, 0.25) is 0 Å². The van der Waals surface area contributed by atoms with E-state index in [2.05, 4.69) is 0 Å². The number of nitrogen functional groups attached to an aromatic ring is 1. The van der Waals surface area contributed by atoms with Crippen LogP contribution in [0.4, 0.5) is 5.82 Å². The monoisotopic (exact) mass is 271 g/mol. The quantitative estimate of drug-likeness (QED) is 0.766. The van der Waals surface area contributed by atoms with E-state index < -0.39 is 11.9 Å². The molecule has 6 nitrogen and oxygen atoms in total. The Morgan fingerprint density at radius 3 is 2.55 bits per heavy atom. The van der Waals surface area contributed by atoms with Crippen molar-refractivity contribution < 1.29 is 9.59 Å². The van der Waals surface area contributed by atoms with Crippen molar-refractivity contribution in [3.63, 3.8) is 0 Å². The van der Waals surface area contributed by atoms with E-state index in [9.17, 15) is 14.4 Å². The second-order valence-electron chi connectivity index (χ2n) is 4.84. The van der Waals surface area contributed by atoms with E-state index in [1.54, 1.807) is 24.3 Å². The Bertz CT molecular complexity index is 794. The minimum absolute atomic E-state index is 0.0300. The van der Waals surface area contributed by atoms with E-state index in [1.165, 1.54) is 11.6 Å². The normalized spacial score (nSPS) is 19.1. The summed E-state index contributed by atoms with van der Waals surface area (Å²) in [5.74, 6) is -0.520. The number of rotatable bonds is 1. The van der Waals surface area contributed by atoms with Gasteiger partial charge in [0, 0.05) is 12.4 Å². The molecule has 0 bridgehead atoms. The molecule has 20 heavy (non-hydrogen) atoms. The molecule has 1 saturated heterocycles. The topological polar surface area (TPSA) is 85.4 Å². The van der Waals surface area contributed by atoms with Crippen LogP contribution in [0, 0.1) is 0 Å². The molecule has 0 aliphatic carbocycles. The Morgan fingerprint density at radius 2 is 1.90 bits per heavy atom. The van der Waals surface area contributed by atoms with Gasteiger partial charge in [0.25, 0.3) is 11.5 Å². The van der Waals surface area contributed by atoms with Crippen LogP contribution in [0.15, 0.2) is 35.1 Å². The Morgan fingerprint density at radius 1 is 1.20 bits per heavy atom. The number of nitrogens with two attached hydrogens (primary N) is 1. The van der Waals surface area contributed by atoms with Crippen molar-refractivity contribution in [2.24, 2.45) is 0 Å². The van der Waals surface area contributed by atoms with Gasteiger partial charge >= 0.3 is 0 Å². The number of amides is 2. The maximum absolute atomic E-state index is 12.5. The maximum Gasteiger partial charge on any atom is 0.260 e. The number of hydrogen-bond acceptors (Lipinski definition) is 4. The number of hydrogen-bond donors (Lipinski definition) is 1. The van der Waals surface area contributed by atoms with E-state index in [0.29, 0.717) is 5.39 Å². The summed E-state index contributed by atoms with van der Waals surface area (Å²) in [5.41, 5.74) is 5.56. The van der Waals surface area contributed by atoms with Crippen LogP contribution in [-0.2, 0) is 9.59 Å². The van der Waals surface area contributed by atoms with Crippen LogP contribution in [0.1, 0.15) is 12.5 Å². The minimum Gasteiger partial charge on any atom is -0.385 e. The summed E-state index contributed by atoms with van der Waals surface area (Å²) in [6.07, 6.45) is -0.0300. The molecule has 0 saturated carbocycles. The standard InChI is InChI=1S/C14H13N3O3/c1-16-12(18)7-10(14(16)20)17-11(15)6-8-4-2-3-5-9(8)13(17)19/h2-6,10H,7,15H2,1H3. The highest BCUT2D eigenvalue weighted by atomic mass is 16.2. The molecule has 102 valence electrons. The van der Waals surface area contributed by atoms with Crippen LogP contribution in [0.3, 0.4) is 0 Å². The van der Waals surface area contributed by atoms with Gasteiger partial charge in [-0.3, -0.25) is 23.9 Å². The van der Waals surface area contributed by atoms with Gasteiger partial charge in [-0.2, -0.15) is 0 Å². The van der Waals surface area contributed by atoms with Gasteiger partial charge in [-0.15, -0.1) is 0 Å². The summed E-state index contributed by atoms with van der Waals surface area (Å²) >= 11 is 0. The average Bonchev–Trinajstić information content (AvgIpc) is 2.67. The Kier molecular flexibility index (Phi) is 2.60. The van der Waals surface area contributed by atoms with Crippen molar-refractivity contribution in [3.8, 4) is 0 Å². The fourth-order valence-corrected chi connectivity index (χ4v) is 2.55. The van der Waals surface area contributed by atoms with Gasteiger partial charge in [-0.05, 0) is 17.5 Å². The summed E-state index contributed by atoms with van der Waals surface area (Å²) in [4.78, 5) is 37.2. The van der Waals surface area contributed by atoms with Crippen LogP contribution in [0.25, 0.3) is 10.8 Å². The molecular formula is C14H13N3O3. The fourth-order valence-electron chi connectivity index (χ4n) is 2.55. The highest BCUT2D eigenvalue weighted by Crippen LogP contribution is 2.25. The third kappa shape index (κ3) is 1.61. The molecule has 1 atom stereocenters. The van der Waals surface area contributed by atoms with E-state index in [0.717, 1.165) is 10.3 Å². The predicted molar refractivity (Wildman–Crippen MR) is 74.1 cm³/mol. The van der Waals surface area contributed by atoms with Crippen LogP contribution in [0.5, 0.6) is 0 Å². The number of imide groups is 1. The van der Waals surface area contributed by atoms with Crippen molar-refractivity contribution in [2.75, 3.05) is 12.8 Å². The largest absolute Gasteiger partial charge is 0.385 e. The second kappa shape index (κ2) is 4.19. The van der Waals surface area contributed by atoms with Gasteiger partial charge < -0.3 is 5.73 Å². The maximum atomic E-state index is 12.5. The van der Waals surface area contributed by atoms with Gasteiger partial charge in [0.05, 0.1) is 6.42 Å². The number of benzene rings is 1. The van der Waals surface area contributed by atoms with E-state index in [4.69, 9.17) is 5.73 Å². The number of likely N-dealkylation sites (tertiary alicyclic amines) is 1. The molecule has 1 unspecified atom stereocenters. The molecule has 2 N–H and O–H groups in total. The number of likely N-dealkylation sites (N-methyl/N-ethyl adjacent to an activating group) is 1. The Balaban J connectivity index is 2.25. The zero-order valence-electron chi connectivity index (χ0n) is 10.9. The number of carbonyl (C=O) groups excluding carboxylic acids is 2. The van der Waals surface area contributed by atoms with E-state index in [-0.39, 0.29) is 23.7 Å². The molecule has 0 spiro atoms. The third-order valence-electron chi connectivity index (χ3n) is 3.66. The number of anilines is 1. The fraction of sp³-hybridized carbons (Fsp3) is 0.214. The Labute approximate surface area is 114 Å². The SMILES string of the molecule is CN1C(=O)CC(n2c(N)cc3ccccc3c2=O)C1=O. The van der Waals surface area contributed by atoms with Crippen LogP contribution >= 0.6 is 0 Å². The second-order valence-corrected chi connectivity index (χ2v) is 4.84. The summed E-state index contributed by atoms with van der Waals surface area (Å²) in [6.45, 7) is 0. The highest BCUT2D eigenvalue weighted by Gasteiger charge is 2.38. The van der Waals surface area contributed by atoms with Crippen LogP contribution in [-0.4, -0.2) is 28.3 Å². The number of carbonyl (C=O) groups is 2. The first kappa shape index (κ1) is 12.4. The first-order chi connectivity index (χ1) is 9.50. The zero-order chi connectivity index (χ0) is 14.4. The number of fused-ring (bicyclic) bond motifs is 1. The smallest absolute Gasteiger partial charge is 0.260 e. The number of aromatic nitrogens is 1. The lowest BCUT2D eigenvalue weighted by molar-refractivity contribution is -0.137. The van der Waals surface area contributed by atoms with Crippen molar-refractivity contribution >= 4 is 28.4 Å². The van der Waals surface area contributed by atoms with Gasteiger partial charge in [0.1, 0.15) is 11.9 Å². The molecule has 2 aromatic rings. The summed E-state index contributed by atoms with van der Waals surface area (Å²) in [5, 5.41) is 1.20. The molecule has 1 fully saturated rings. The summed E-state index contributed by atoms with van der Waals surface area (Å²) in [7, 11) is 1.41. The van der Waals surface area contributed by atoms with Crippen molar-refractivity contribution in [3.05, 3.63) is 40.7 Å². The van der Waals surface area contributed by atoms with E-state index >= 15 is 0 Å². The molecule has 2 amide bonds. The molecule has 1 aliphatic rings. The highest BCUT2D eigenvalue weighted by molar-refractivity contribution is 6.04. The van der Waals surface area contributed by atoms with E-state index in [1.807, 2.05) is 6.07 Å². The van der Waals surface area contributed by atoms with Gasteiger partial charge in [-0.25, -0.2) is 0 Å². The molecule has 1 aromatic heterocycles. The summed E-state index contributed by atoms with van der Waals surface area (Å²) < 4.78 is 1.21. The Hall–Kier alpha value is -2.63. The predicted octanol–water partition coefficient (Wildman–Crippen LogP) is 0.513. The lowest BCUT2D eigenvalue weighted by Crippen LogP contribution is -2.32. The molecular weight excluding hydrogens is 258 g/mol. The van der Waals surface area contributed by atoms with Gasteiger partial charge in [-0.1, -0.05) is 18.2 Å². The van der Waals surface area contributed by atoms with Gasteiger partial charge in [0.2, 0.25) is 5.91 Å². The summed E-state index contributed by atoms with van der Waals surface area (Å²) in [6, 6.07) is 7.82. The first-order valence-corrected chi connectivity index (χ1v) is 6.21. The lowest BCUT2D eigenvalue weighted by Gasteiger charge is -2.16. The first-order valence-electron chi connectivity index (χ1n) is 6.21.